The Morgan fingerprint density at radius 3 is 2.07 bits per heavy atom. The van der Waals surface area contributed by atoms with Crippen molar-refractivity contribution in [1.82, 2.24) is 24.9 Å². The first-order valence-corrected chi connectivity index (χ1v) is 10.1. The van der Waals surface area contributed by atoms with Crippen molar-refractivity contribution in [3.8, 4) is 5.82 Å². The van der Waals surface area contributed by atoms with E-state index in [0.29, 0.717) is 18.9 Å². The lowest BCUT2D eigenvalue weighted by molar-refractivity contribution is 0.0746. The molecule has 1 aliphatic rings. The van der Waals surface area contributed by atoms with Crippen LogP contribution in [0.3, 0.4) is 0 Å². The van der Waals surface area contributed by atoms with Gasteiger partial charge in [0.1, 0.15) is 0 Å². The Hall–Kier alpha value is -3.42. The van der Waals surface area contributed by atoms with E-state index in [0.717, 1.165) is 41.5 Å². The van der Waals surface area contributed by atoms with Gasteiger partial charge in [0.05, 0.1) is 5.69 Å². The lowest BCUT2D eigenvalue weighted by Gasteiger charge is -2.35. The Labute approximate surface area is 176 Å². The third-order valence-corrected chi connectivity index (χ3v) is 5.38. The van der Waals surface area contributed by atoms with E-state index in [-0.39, 0.29) is 5.91 Å². The van der Waals surface area contributed by atoms with Gasteiger partial charge >= 0.3 is 0 Å². The van der Waals surface area contributed by atoms with Gasteiger partial charge in [-0.25, -0.2) is 4.68 Å². The number of nitrogens with zero attached hydrogens (tertiary/aromatic N) is 7. The fourth-order valence-electron chi connectivity index (χ4n) is 3.68. The first kappa shape index (κ1) is 19.9. The summed E-state index contributed by atoms with van der Waals surface area (Å²) in [6, 6.07) is 13.7. The zero-order chi connectivity index (χ0) is 21.3. The first-order valence-electron chi connectivity index (χ1n) is 10.1. The summed E-state index contributed by atoms with van der Waals surface area (Å²) in [5, 5.41) is 13.2. The van der Waals surface area contributed by atoms with E-state index in [1.807, 2.05) is 80.2 Å². The lowest BCUT2D eigenvalue weighted by Crippen LogP contribution is -2.49. The number of carbonyl (C=O) groups excluding carboxylic acids is 1. The molecule has 0 atom stereocenters. The van der Waals surface area contributed by atoms with Crippen LogP contribution in [0.4, 0.5) is 11.5 Å². The SMILES string of the molecule is Cc1cc(C)n(-c2ccc(N3CCN(C(=O)c4ccc(N(C)C)cc4)CC3)nn2)n1. The molecule has 3 aromatic rings. The van der Waals surface area contributed by atoms with E-state index < -0.39 is 0 Å². The molecule has 0 aliphatic carbocycles. The highest BCUT2D eigenvalue weighted by Crippen LogP contribution is 2.18. The van der Waals surface area contributed by atoms with Gasteiger partial charge in [0.2, 0.25) is 0 Å². The summed E-state index contributed by atoms with van der Waals surface area (Å²) >= 11 is 0. The van der Waals surface area contributed by atoms with Crippen molar-refractivity contribution < 1.29 is 4.79 Å². The van der Waals surface area contributed by atoms with Crippen LogP contribution in [0.15, 0.2) is 42.5 Å². The van der Waals surface area contributed by atoms with Crippen molar-refractivity contribution in [2.45, 2.75) is 13.8 Å². The van der Waals surface area contributed by atoms with E-state index in [1.54, 1.807) is 4.68 Å². The number of hydrogen-bond acceptors (Lipinski definition) is 6. The summed E-state index contributed by atoms with van der Waals surface area (Å²) < 4.78 is 1.80. The third-order valence-electron chi connectivity index (χ3n) is 5.38. The summed E-state index contributed by atoms with van der Waals surface area (Å²) in [6.45, 7) is 6.75. The molecule has 1 fully saturated rings. The minimum absolute atomic E-state index is 0.0749. The molecule has 0 unspecified atom stereocenters. The molecule has 0 saturated carbocycles. The van der Waals surface area contributed by atoms with Crippen molar-refractivity contribution in [2.24, 2.45) is 0 Å². The van der Waals surface area contributed by atoms with Gasteiger partial charge in [-0.2, -0.15) is 5.10 Å². The van der Waals surface area contributed by atoms with Crippen LogP contribution in [-0.2, 0) is 0 Å². The number of piperazine rings is 1. The molecule has 2 aromatic heterocycles. The minimum Gasteiger partial charge on any atom is -0.378 e. The Balaban J connectivity index is 1.38. The quantitative estimate of drug-likeness (QED) is 0.663. The number of anilines is 2. The van der Waals surface area contributed by atoms with Crippen LogP contribution in [0.1, 0.15) is 21.7 Å². The molecule has 0 spiro atoms. The molecule has 1 amide bonds. The van der Waals surface area contributed by atoms with Crippen molar-refractivity contribution in [2.75, 3.05) is 50.1 Å². The van der Waals surface area contributed by atoms with Crippen LogP contribution in [0.5, 0.6) is 0 Å². The lowest BCUT2D eigenvalue weighted by atomic mass is 10.1. The Bertz CT molecular complexity index is 1020. The van der Waals surface area contributed by atoms with Crippen LogP contribution in [0, 0.1) is 13.8 Å². The molecule has 0 radical (unpaired) electrons. The maximum atomic E-state index is 12.8. The number of amides is 1. The molecule has 0 bridgehead atoms. The molecule has 0 N–H and O–H groups in total. The normalized spacial score (nSPS) is 14.1. The molecule has 156 valence electrons. The molecule has 30 heavy (non-hydrogen) atoms. The Morgan fingerprint density at radius 2 is 1.53 bits per heavy atom. The first-order chi connectivity index (χ1) is 14.4. The number of carbonyl (C=O) groups is 1. The van der Waals surface area contributed by atoms with E-state index in [9.17, 15) is 4.79 Å². The molecule has 8 heteroatoms. The highest BCUT2D eigenvalue weighted by atomic mass is 16.2. The van der Waals surface area contributed by atoms with Gasteiger partial charge < -0.3 is 14.7 Å². The maximum absolute atomic E-state index is 12.8. The van der Waals surface area contributed by atoms with Gasteiger partial charge in [0.25, 0.3) is 5.91 Å². The molecule has 3 heterocycles. The van der Waals surface area contributed by atoms with Crippen LogP contribution >= 0.6 is 0 Å². The van der Waals surface area contributed by atoms with Crippen molar-refractivity contribution >= 4 is 17.4 Å². The number of hydrogen-bond donors (Lipinski definition) is 0. The molecule has 8 nitrogen and oxygen atoms in total. The summed E-state index contributed by atoms with van der Waals surface area (Å²) in [5.41, 5.74) is 3.79. The highest BCUT2D eigenvalue weighted by molar-refractivity contribution is 5.94. The van der Waals surface area contributed by atoms with Crippen LogP contribution in [-0.4, -0.2) is 71.1 Å². The van der Waals surface area contributed by atoms with Crippen LogP contribution in [0.25, 0.3) is 5.82 Å². The second kappa shape index (κ2) is 8.14. The number of aryl methyl sites for hydroxylation is 2. The number of rotatable bonds is 4. The molecular weight excluding hydrogens is 378 g/mol. The smallest absolute Gasteiger partial charge is 0.253 e. The van der Waals surface area contributed by atoms with Gasteiger partial charge in [0.15, 0.2) is 11.6 Å². The second-order valence-corrected chi connectivity index (χ2v) is 7.81. The third kappa shape index (κ3) is 3.98. The molecule has 1 aliphatic heterocycles. The fraction of sp³-hybridized carbons (Fsp3) is 0.364. The van der Waals surface area contributed by atoms with E-state index in [1.165, 1.54) is 0 Å². The average Bonchev–Trinajstić information content (AvgIpc) is 3.11. The standard InChI is InChI=1S/C22H27N7O/c1-16-15-17(2)29(25-16)21-10-9-20(23-24-21)27-11-13-28(14-12-27)22(30)18-5-7-19(8-6-18)26(3)4/h5-10,15H,11-14H2,1-4H3. The topological polar surface area (TPSA) is 70.4 Å². The largest absolute Gasteiger partial charge is 0.378 e. The highest BCUT2D eigenvalue weighted by Gasteiger charge is 2.23. The van der Waals surface area contributed by atoms with Crippen LogP contribution < -0.4 is 9.80 Å². The summed E-state index contributed by atoms with van der Waals surface area (Å²) in [7, 11) is 3.98. The van der Waals surface area contributed by atoms with E-state index >= 15 is 0 Å². The average molecular weight is 406 g/mol. The predicted octanol–water partition coefficient (Wildman–Crippen LogP) is 2.31. The summed E-state index contributed by atoms with van der Waals surface area (Å²) in [6.07, 6.45) is 0. The predicted molar refractivity (Wildman–Crippen MR) is 118 cm³/mol. The van der Waals surface area contributed by atoms with E-state index in [2.05, 4.69) is 20.2 Å². The van der Waals surface area contributed by atoms with E-state index in [4.69, 9.17) is 0 Å². The van der Waals surface area contributed by atoms with Gasteiger partial charge in [-0.3, -0.25) is 4.79 Å². The Kier molecular flexibility index (Phi) is 5.39. The fourth-order valence-corrected chi connectivity index (χ4v) is 3.68. The Morgan fingerprint density at radius 1 is 0.900 bits per heavy atom. The second-order valence-electron chi connectivity index (χ2n) is 7.81. The molecule has 4 rings (SSSR count). The molecule has 1 saturated heterocycles. The summed E-state index contributed by atoms with van der Waals surface area (Å²) in [5.74, 6) is 1.60. The van der Waals surface area contributed by atoms with Crippen molar-refractivity contribution in [3.05, 3.63) is 59.4 Å². The van der Waals surface area contributed by atoms with Crippen LogP contribution in [0.2, 0.25) is 0 Å². The summed E-state index contributed by atoms with van der Waals surface area (Å²) in [4.78, 5) is 18.9. The minimum atomic E-state index is 0.0749. The molecular formula is C22H27N7O. The number of aromatic nitrogens is 4. The van der Waals surface area contributed by atoms with Gasteiger partial charge in [0, 0.05) is 57.2 Å². The number of benzene rings is 1. The van der Waals surface area contributed by atoms with Gasteiger partial charge in [-0.1, -0.05) is 0 Å². The zero-order valence-electron chi connectivity index (χ0n) is 17.9. The monoisotopic (exact) mass is 405 g/mol. The van der Waals surface area contributed by atoms with Gasteiger partial charge in [-0.15, -0.1) is 10.2 Å². The van der Waals surface area contributed by atoms with Crippen molar-refractivity contribution in [1.29, 1.82) is 0 Å². The van der Waals surface area contributed by atoms with Crippen molar-refractivity contribution in [3.63, 3.8) is 0 Å². The zero-order valence-corrected chi connectivity index (χ0v) is 17.9. The molecule has 1 aromatic carbocycles. The maximum Gasteiger partial charge on any atom is 0.253 e. The van der Waals surface area contributed by atoms with Gasteiger partial charge in [-0.05, 0) is 56.3 Å².